The van der Waals surface area contributed by atoms with Crippen LogP contribution in [0.1, 0.15) is 71.1 Å². The minimum absolute atomic E-state index is 0.618. The zero-order chi connectivity index (χ0) is 11.3. The van der Waals surface area contributed by atoms with Crippen molar-refractivity contribution in [2.75, 3.05) is 13.1 Å². The SMILES string of the molecule is CC1(CNCC2CCCCC2)CCCCC1. The first-order valence-corrected chi connectivity index (χ1v) is 7.49. The van der Waals surface area contributed by atoms with Crippen molar-refractivity contribution in [1.29, 1.82) is 0 Å². The van der Waals surface area contributed by atoms with Gasteiger partial charge in [-0.15, -0.1) is 0 Å². The summed E-state index contributed by atoms with van der Waals surface area (Å²) in [6, 6.07) is 0. The van der Waals surface area contributed by atoms with Gasteiger partial charge in [0.2, 0.25) is 0 Å². The molecule has 0 radical (unpaired) electrons. The third-order valence-corrected chi connectivity index (χ3v) is 4.77. The summed E-state index contributed by atoms with van der Waals surface area (Å²) in [4.78, 5) is 0. The Morgan fingerprint density at radius 1 is 0.938 bits per heavy atom. The first kappa shape index (κ1) is 12.4. The lowest BCUT2D eigenvalue weighted by atomic mass is 9.75. The normalized spacial score (nSPS) is 26.8. The minimum atomic E-state index is 0.618. The van der Waals surface area contributed by atoms with Crippen LogP contribution in [0.5, 0.6) is 0 Å². The van der Waals surface area contributed by atoms with Crippen molar-refractivity contribution in [3.05, 3.63) is 0 Å². The second-order valence-electron chi connectivity index (χ2n) is 6.51. The predicted molar refractivity (Wildman–Crippen MR) is 70.6 cm³/mol. The molecule has 0 aromatic rings. The Hall–Kier alpha value is -0.0400. The van der Waals surface area contributed by atoms with E-state index in [2.05, 4.69) is 12.2 Å². The van der Waals surface area contributed by atoms with Gasteiger partial charge in [0.1, 0.15) is 0 Å². The van der Waals surface area contributed by atoms with E-state index < -0.39 is 0 Å². The average molecular weight is 223 g/mol. The van der Waals surface area contributed by atoms with E-state index in [9.17, 15) is 0 Å². The van der Waals surface area contributed by atoms with Gasteiger partial charge in [0.05, 0.1) is 0 Å². The van der Waals surface area contributed by atoms with Crippen LogP contribution in [0.4, 0.5) is 0 Å². The summed E-state index contributed by atoms with van der Waals surface area (Å²) in [5, 5.41) is 3.77. The zero-order valence-electron chi connectivity index (χ0n) is 11.1. The van der Waals surface area contributed by atoms with Crippen molar-refractivity contribution in [2.45, 2.75) is 71.1 Å². The zero-order valence-corrected chi connectivity index (χ0v) is 11.1. The molecule has 1 heteroatoms. The molecule has 1 N–H and O–H groups in total. The van der Waals surface area contributed by atoms with Gasteiger partial charge >= 0.3 is 0 Å². The molecule has 0 aromatic carbocycles. The molecule has 16 heavy (non-hydrogen) atoms. The molecule has 0 heterocycles. The van der Waals surface area contributed by atoms with Crippen LogP contribution in [0.3, 0.4) is 0 Å². The van der Waals surface area contributed by atoms with Gasteiger partial charge in [-0.3, -0.25) is 0 Å². The Morgan fingerprint density at radius 3 is 2.25 bits per heavy atom. The van der Waals surface area contributed by atoms with E-state index in [1.807, 2.05) is 0 Å². The molecule has 1 nitrogen and oxygen atoms in total. The lowest BCUT2D eigenvalue weighted by Crippen LogP contribution is -2.36. The van der Waals surface area contributed by atoms with E-state index in [1.54, 1.807) is 0 Å². The number of nitrogens with one attached hydrogen (secondary N) is 1. The van der Waals surface area contributed by atoms with Crippen LogP contribution in [0.25, 0.3) is 0 Å². The third kappa shape index (κ3) is 3.76. The van der Waals surface area contributed by atoms with Crippen molar-refractivity contribution in [3.63, 3.8) is 0 Å². The van der Waals surface area contributed by atoms with E-state index in [-0.39, 0.29) is 0 Å². The molecule has 0 unspecified atom stereocenters. The molecule has 2 fully saturated rings. The lowest BCUT2D eigenvalue weighted by Gasteiger charge is -2.34. The highest BCUT2D eigenvalue weighted by Crippen LogP contribution is 2.35. The summed E-state index contributed by atoms with van der Waals surface area (Å²) in [6.07, 6.45) is 14.7. The monoisotopic (exact) mass is 223 g/mol. The van der Waals surface area contributed by atoms with E-state index in [0.717, 1.165) is 5.92 Å². The van der Waals surface area contributed by atoms with Crippen LogP contribution < -0.4 is 5.32 Å². The Bertz CT molecular complexity index is 188. The fourth-order valence-corrected chi connectivity index (χ4v) is 3.55. The second-order valence-corrected chi connectivity index (χ2v) is 6.51. The quantitative estimate of drug-likeness (QED) is 0.755. The van der Waals surface area contributed by atoms with Crippen LogP contribution in [0, 0.1) is 11.3 Å². The topological polar surface area (TPSA) is 12.0 Å². The van der Waals surface area contributed by atoms with Crippen LogP contribution >= 0.6 is 0 Å². The highest BCUT2D eigenvalue weighted by atomic mass is 14.9. The molecular formula is C15H29N. The van der Waals surface area contributed by atoms with Gasteiger partial charge in [-0.25, -0.2) is 0 Å². The van der Waals surface area contributed by atoms with Crippen LogP contribution in [-0.2, 0) is 0 Å². The van der Waals surface area contributed by atoms with E-state index in [1.165, 1.54) is 77.3 Å². The summed E-state index contributed by atoms with van der Waals surface area (Å²) in [5.74, 6) is 0.987. The molecule has 0 saturated heterocycles. The van der Waals surface area contributed by atoms with E-state index >= 15 is 0 Å². The van der Waals surface area contributed by atoms with Crippen LogP contribution in [0.15, 0.2) is 0 Å². The molecule has 0 aliphatic heterocycles. The Morgan fingerprint density at radius 2 is 1.56 bits per heavy atom. The largest absolute Gasteiger partial charge is 0.316 e. The summed E-state index contributed by atoms with van der Waals surface area (Å²) in [5.41, 5.74) is 0.618. The van der Waals surface area contributed by atoms with Crippen molar-refractivity contribution in [1.82, 2.24) is 5.32 Å². The summed E-state index contributed by atoms with van der Waals surface area (Å²) in [6.45, 7) is 5.04. The molecule has 2 rings (SSSR count). The van der Waals surface area contributed by atoms with Crippen molar-refractivity contribution >= 4 is 0 Å². The van der Waals surface area contributed by atoms with Gasteiger partial charge in [-0.1, -0.05) is 45.4 Å². The van der Waals surface area contributed by atoms with Crippen LogP contribution in [0.2, 0.25) is 0 Å². The summed E-state index contributed by atoms with van der Waals surface area (Å²) >= 11 is 0. The fraction of sp³-hybridized carbons (Fsp3) is 1.00. The lowest BCUT2D eigenvalue weighted by molar-refractivity contribution is 0.200. The van der Waals surface area contributed by atoms with Gasteiger partial charge in [0, 0.05) is 6.54 Å². The number of rotatable bonds is 4. The second kappa shape index (κ2) is 6.05. The maximum atomic E-state index is 3.77. The molecule has 2 aliphatic rings. The van der Waals surface area contributed by atoms with E-state index in [0.29, 0.717) is 5.41 Å². The first-order valence-electron chi connectivity index (χ1n) is 7.49. The van der Waals surface area contributed by atoms with Crippen molar-refractivity contribution in [2.24, 2.45) is 11.3 Å². The number of hydrogen-bond acceptors (Lipinski definition) is 1. The molecule has 0 spiro atoms. The highest BCUT2D eigenvalue weighted by molar-refractivity contribution is 4.81. The maximum absolute atomic E-state index is 3.77. The summed E-state index contributed by atoms with van der Waals surface area (Å²) < 4.78 is 0. The molecule has 0 amide bonds. The predicted octanol–water partition coefficient (Wildman–Crippen LogP) is 4.13. The van der Waals surface area contributed by atoms with Crippen molar-refractivity contribution in [3.8, 4) is 0 Å². The van der Waals surface area contributed by atoms with Crippen LogP contribution in [-0.4, -0.2) is 13.1 Å². The molecule has 2 aliphatic carbocycles. The van der Waals surface area contributed by atoms with Gasteiger partial charge in [-0.05, 0) is 43.6 Å². The smallest absolute Gasteiger partial charge is 0.000527 e. The highest BCUT2D eigenvalue weighted by Gasteiger charge is 2.26. The van der Waals surface area contributed by atoms with Gasteiger partial charge in [0.25, 0.3) is 0 Å². The molecule has 0 bridgehead atoms. The Kier molecular flexibility index (Phi) is 4.69. The number of hydrogen-bond donors (Lipinski definition) is 1. The molecular weight excluding hydrogens is 194 g/mol. The molecule has 0 aromatic heterocycles. The first-order chi connectivity index (χ1) is 7.79. The van der Waals surface area contributed by atoms with E-state index in [4.69, 9.17) is 0 Å². The van der Waals surface area contributed by atoms with Gasteiger partial charge in [-0.2, -0.15) is 0 Å². The van der Waals surface area contributed by atoms with Crippen molar-refractivity contribution < 1.29 is 0 Å². The fourth-order valence-electron chi connectivity index (χ4n) is 3.55. The molecule has 0 atom stereocenters. The maximum Gasteiger partial charge on any atom is 0.000527 e. The molecule has 2 saturated carbocycles. The third-order valence-electron chi connectivity index (χ3n) is 4.77. The summed E-state index contributed by atoms with van der Waals surface area (Å²) in [7, 11) is 0. The van der Waals surface area contributed by atoms with Gasteiger partial charge in [0.15, 0.2) is 0 Å². The minimum Gasteiger partial charge on any atom is -0.316 e. The Labute approximate surface area is 101 Å². The standard InChI is InChI=1S/C15H29N/c1-15(10-6-3-7-11-15)13-16-12-14-8-4-2-5-9-14/h14,16H,2-13H2,1H3. The average Bonchev–Trinajstić information content (AvgIpc) is 2.31. The molecule has 94 valence electrons. The van der Waals surface area contributed by atoms with Gasteiger partial charge < -0.3 is 5.32 Å². The Balaban J connectivity index is 1.62.